The zero-order valence-electron chi connectivity index (χ0n) is 18.6. The van der Waals surface area contributed by atoms with Crippen LogP contribution in [0.1, 0.15) is 38.5 Å². The molecule has 2 nitrogen and oxygen atoms in total. The monoisotopic (exact) mass is 417 g/mol. The smallest absolute Gasteiger partial charge is 0.194 e. The molecule has 149 valence electrons. The van der Waals surface area contributed by atoms with Gasteiger partial charge in [0.1, 0.15) is 0 Å². The van der Waals surface area contributed by atoms with Crippen LogP contribution < -0.4 is 0 Å². The van der Waals surface area contributed by atoms with Crippen molar-refractivity contribution in [2.24, 2.45) is 11.8 Å². The molecule has 0 aliphatic heterocycles. The highest BCUT2D eigenvalue weighted by molar-refractivity contribution is 6.84. The summed E-state index contributed by atoms with van der Waals surface area (Å²) in [5.74, 6) is 1.95. The van der Waals surface area contributed by atoms with E-state index in [1.165, 1.54) is 50.6 Å². The molecule has 0 aromatic carbocycles. The molecule has 0 aromatic heterocycles. The molecule has 0 atom stereocenters. The zero-order valence-corrected chi connectivity index (χ0v) is 22.6. The standard InChI is InChI=1S/C19H45O2Si4/c1-22(20-23(2,3)4)16-14-18-10-12-19(13-11-18)15-17-25(8,9)21-24(5,6)7/h18-19H,10-17H2,1-9H3. The van der Waals surface area contributed by atoms with Gasteiger partial charge in [0.05, 0.1) is 0 Å². The first-order chi connectivity index (χ1) is 11.3. The molecule has 1 rings (SSSR count). The highest BCUT2D eigenvalue weighted by atomic mass is 28.4. The molecule has 1 saturated carbocycles. The maximum Gasteiger partial charge on any atom is 0.194 e. The minimum atomic E-state index is -1.44. The van der Waals surface area contributed by atoms with Crippen LogP contribution in [0.2, 0.25) is 71.0 Å². The van der Waals surface area contributed by atoms with Crippen molar-refractivity contribution in [2.45, 2.75) is 110 Å². The van der Waals surface area contributed by atoms with Gasteiger partial charge in [0.25, 0.3) is 0 Å². The molecular weight excluding hydrogens is 373 g/mol. The van der Waals surface area contributed by atoms with E-state index in [4.69, 9.17) is 8.23 Å². The van der Waals surface area contributed by atoms with Crippen molar-refractivity contribution in [2.75, 3.05) is 0 Å². The van der Waals surface area contributed by atoms with Crippen molar-refractivity contribution in [3.63, 3.8) is 0 Å². The van der Waals surface area contributed by atoms with E-state index < -0.39 is 34.0 Å². The molecule has 6 heteroatoms. The predicted molar refractivity (Wildman–Crippen MR) is 122 cm³/mol. The van der Waals surface area contributed by atoms with E-state index in [0.29, 0.717) is 0 Å². The van der Waals surface area contributed by atoms with Crippen LogP contribution in [0, 0.1) is 11.8 Å². The molecule has 25 heavy (non-hydrogen) atoms. The Morgan fingerprint density at radius 1 is 0.760 bits per heavy atom. The fourth-order valence-electron chi connectivity index (χ4n) is 4.22. The van der Waals surface area contributed by atoms with Crippen molar-refractivity contribution in [1.29, 1.82) is 0 Å². The first-order valence-corrected chi connectivity index (χ1v) is 22.5. The van der Waals surface area contributed by atoms with Crippen LogP contribution in [-0.2, 0) is 8.23 Å². The minimum Gasteiger partial charge on any atom is -0.456 e. The van der Waals surface area contributed by atoms with Gasteiger partial charge in [0, 0.05) is 0 Å². The predicted octanol–water partition coefficient (Wildman–Crippen LogP) is 7.10. The average Bonchev–Trinajstić information content (AvgIpc) is 2.40. The van der Waals surface area contributed by atoms with Gasteiger partial charge in [-0.1, -0.05) is 38.5 Å². The van der Waals surface area contributed by atoms with Gasteiger partial charge < -0.3 is 8.23 Å². The van der Waals surface area contributed by atoms with Gasteiger partial charge in [-0.15, -0.1) is 0 Å². The Balaban J connectivity index is 2.23. The van der Waals surface area contributed by atoms with E-state index in [2.05, 4.69) is 58.9 Å². The van der Waals surface area contributed by atoms with Crippen LogP contribution in [0.4, 0.5) is 0 Å². The molecule has 0 unspecified atom stereocenters. The fourth-order valence-corrected chi connectivity index (χ4v) is 17.8. The zero-order chi connectivity index (χ0) is 19.3. The molecule has 1 aliphatic carbocycles. The molecule has 0 saturated heterocycles. The molecule has 0 N–H and O–H groups in total. The quantitative estimate of drug-likeness (QED) is 0.353. The summed E-state index contributed by atoms with van der Waals surface area (Å²) in [5.41, 5.74) is 0. The Kier molecular flexibility index (Phi) is 9.36. The van der Waals surface area contributed by atoms with Gasteiger partial charge in [0.2, 0.25) is 0 Å². The molecule has 0 heterocycles. The average molecular weight is 418 g/mol. The van der Waals surface area contributed by atoms with E-state index >= 15 is 0 Å². The van der Waals surface area contributed by atoms with Crippen molar-refractivity contribution < 1.29 is 8.23 Å². The van der Waals surface area contributed by atoms with Crippen LogP contribution in [0.3, 0.4) is 0 Å². The third-order valence-corrected chi connectivity index (χ3v) is 16.1. The molecule has 1 fully saturated rings. The van der Waals surface area contributed by atoms with E-state index in [0.717, 1.165) is 11.8 Å². The molecule has 0 spiro atoms. The third kappa shape index (κ3) is 12.0. The van der Waals surface area contributed by atoms with E-state index in [-0.39, 0.29) is 0 Å². The maximum atomic E-state index is 6.51. The topological polar surface area (TPSA) is 18.5 Å². The van der Waals surface area contributed by atoms with Crippen molar-refractivity contribution >= 4 is 34.0 Å². The van der Waals surface area contributed by atoms with E-state index in [1.807, 2.05) is 0 Å². The number of hydrogen-bond acceptors (Lipinski definition) is 2. The first-order valence-electron chi connectivity index (χ1n) is 10.5. The highest BCUT2D eigenvalue weighted by Gasteiger charge is 2.31. The minimum absolute atomic E-state index is 0.551. The Morgan fingerprint density at radius 2 is 1.24 bits per heavy atom. The van der Waals surface area contributed by atoms with E-state index in [9.17, 15) is 0 Å². The molecular formula is C19H45O2Si4. The molecule has 0 bridgehead atoms. The molecule has 1 aliphatic rings. The lowest BCUT2D eigenvalue weighted by Gasteiger charge is -2.34. The third-order valence-electron chi connectivity index (χ3n) is 5.09. The van der Waals surface area contributed by atoms with Crippen molar-refractivity contribution in [3.8, 4) is 0 Å². The second-order valence-electron chi connectivity index (χ2n) is 10.9. The van der Waals surface area contributed by atoms with Gasteiger partial charge in [-0.3, -0.25) is 0 Å². The summed E-state index contributed by atoms with van der Waals surface area (Å²) in [6.07, 6.45) is 8.68. The highest BCUT2D eigenvalue weighted by Crippen LogP contribution is 2.36. The lowest BCUT2D eigenvalue weighted by molar-refractivity contribution is 0.261. The van der Waals surface area contributed by atoms with Crippen molar-refractivity contribution in [1.82, 2.24) is 0 Å². The lowest BCUT2D eigenvalue weighted by atomic mass is 9.80. The van der Waals surface area contributed by atoms with E-state index in [1.54, 1.807) is 0 Å². The first kappa shape index (κ1) is 23.8. The SMILES string of the molecule is C[Si](CCC1CCC(CC[Si](C)(C)O[Si](C)(C)C)CC1)O[Si](C)(C)C. The van der Waals surface area contributed by atoms with Gasteiger partial charge >= 0.3 is 0 Å². The normalized spacial score (nSPS) is 23.3. The Hall–Kier alpha value is 0.788. The largest absolute Gasteiger partial charge is 0.456 e. The maximum absolute atomic E-state index is 6.51. The Morgan fingerprint density at radius 3 is 1.68 bits per heavy atom. The number of rotatable bonds is 10. The van der Waals surface area contributed by atoms with Crippen LogP contribution in [0.15, 0.2) is 0 Å². The van der Waals surface area contributed by atoms with Gasteiger partial charge in [0.15, 0.2) is 34.0 Å². The summed E-state index contributed by atoms with van der Waals surface area (Å²) < 4.78 is 12.8. The summed E-state index contributed by atoms with van der Waals surface area (Å²) in [5, 5.41) is 0. The Bertz CT molecular complexity index is 380. The summed E-state index contributed by atoms with van der Waals surface area (Å²) in [6.45, 7) is 21.2. The van der Waals surface area contributed by atoms with Gasteiger partial charge in [-0.05, 0) is 82.8 Å². The van der Waals surface area contributed by atoms with Gasteiger partial charge in [-0.2, -0.15) is 0 Å². The lowest BCUT2D eigenvalue weighted by Crippen LogP contribution is -2.42. The summed E-state index contributed by atoms with van der Waals surface area (Å²) in [7, 11) is -4.69. The summed E-state index contributed by atoms with van der Waals surface area (Å²) in [4.78, 5) is 0. The van der Waals surface area contributed by atoms with Crippen LogP contribution >= 0.6 is 0 Å². The second kappa shape index (κ2) is 9.82. The van der Waals surface area contributed by atoms with Gasteiger partial charge in [-0.25, -0.2) is 0 Å². The number of hydrogen-bond donors (Lipinski definition) is 0. The summed E-state index contributed by atoms with van der Waals surface area (Å²) in [6, 6.07) is 2.72. The molecule has 0 amide bonds. The fraction of sp³-hybridized carbons (Fsp3) is 1.00. The van der Waals surface area contributed by atoms with Crippen LogP contribution in [0.25, 0.3) is 0 Å². The summed E-state index contributed by atoms with van der Waals surface area (Å²) >= 11 is 0. The van der Waals surface area contributed by atoms with Crippen LogP contribution in [0.5, 0.6) is 0 Å². The second-order valence-corrected chi connectivity index (χ2v) is 26.9. The Labute approximate surface area is 163 Å². The molecule has 0 aromatic rings. The molecule has 1 radical (unpaired) electrons. The van der Waals surface area contributed by atoms with Crippen LogP contribution in [-0.4, -0.2) is 34.0 Å². The van der Waals surface area contributed by atoms with Crippen molar-refractivity contribution in [3.05, 3.63) is 0 Å².